The Kier molecular flexibility index (Phi) is 5.69. The molecular formula is C16H25NO. The van der Waals surface area contributed by atoms with E-state index < -0.39 is 0 Å². The summed E-state index contributed by atoms with van der Waals surface area (Å²) in [7, 11) is 0. The molecule has 1 N–H and O–H groups in total. The molecular weight excluding hydrogens is 222 g/mol. The summed E-state index contributed by atoms with van der Waals surface area (Å²) in [6.07, 6.45) is 5.50. The Morgan fingerprint density at radius 2 is 1.94 bits per heavy atom. The minimum Gasteiger partial charge on any atom is -0.375 e. The predicted octanol–water partition coefficient (Wildman–Crippen LogP) is 3.37. The van der Waals surface area contributed by atoms with Crippen LogP contribution in [-0.4, -0.2) is 19.2 Å². The standard InChI is InChI=1S/C16H25NO/c1-14-7-5-6-10-16(14)17-11-12-18-13-15-8-3-2-4-9-15/h2-4,8-9,14,16-17H,5-7,10-13H2,1H3. The van der Waals surface area contributed by atoms with Gasteiger partial charge in [-0.1, -0.05) is 50.1 Å². The van der Waals surface area contributed by atoms with E-state index in [1.54, 1.807) is 0 Å². The molecule has 1 fully saturated rings. The smallest absolute Gasteiger partial charge is 0.0717 e. The fourth-order valence-electron chi connectivity index (χ4n) is 2.70. The lowest BCUT2D eigenvalue weighted by Crippen LogP contribution is -2.38. The van der Waals surface area contributed by atoms with Gasteiger partial charge >= 0.3 is 0 Å². The average Bonchev–Trinajstić information content (AvgIpc) is 2.42. The lowest BCUT2D eigenvalue weighted by Gasteiger charge is -2.29. The summed E-state index contributed by atoms with van der Waals surface area (Å²) in [6, 6.07) is 11.1. The van der Waals surface area contributed by atoms with Crippen LogP contribution in [0.25, 0.3) is 0 Å². The van der Waals surface area contributed by atoms with E-state index in [4.69, 9.17) is 4.74 Å². The second kappa shape index (κ2) is 7.55. The number of ether oxygens (including phenoxy) is 1. The molecule has 2 rings (SSSR count). The van der Waals surface area contributed by atoms with Crippen molar-refractivity contribution < 1.29 is 4.74 Å². The zero-order chi connectivity index (χ0) is 12.6. The first-order valence-corrected chi connectivity index (χ1v) is 7.21. The molecule has 0 saturated heterocycles. The Morgan fingerprint density at radius 3 is 2.72 bits per heavy atom. The second-order valence-electron chi connectivity index (χ2n) is 5.36. The molecule has 1 aliphatic carbocycles. The zero-order valence-electron chi connectivity index (χ0n) is 11.4. The summed E-state index contributed by atoms with van der Waals surface area (Å²) in [5.41, 5.74) is 1.25. The summed E-state index contributed by atoms with van der Waals surface area (Å²) in [6.45, 7) is 4.87. The average molecular weight is 247 g/mol. The number of hydrogen-bond acceptors (Lipinski definition) is 2. The summed E-state index contributed by atoms with van der Waals surface area (Å²) in [4.78, 5) is 0. The fourth-order valence-corrected chi connectivity index (χ4v) is 2.70. The van der Waals surface area contributed by atoms with E-state index in [1.165, 1.54) is 31.2 Å². The highest BCUT2D eigenvalue weighted by molar-refractivity contribution is 5.13. The molecule has 2 unspecified atom stereocenters. The van der Waals surface area contributed by atoms with Gasteiger partial charge in [0.1, 0.15) is 0 Å². The van der Waals surface area contributed by atoms with E-state index in [-0.39, 0.29) is 0 Å². The Labute approximate surface area is 111 Å². The van der Waals surface area contributed by atoms with Crippen LogP contribution in [0.15, 0.2) is 30.3 Å². The Balaban J connectivity index is 1.56. The minimum atomic E-state index is 0.707. The van der Waals surface area contributed by atoms with Gasteiger partial charge in [0.2, 0.25) is 0 Å². The Morgan fingerprint density at radius 1 is 1.17 bits per heavy atom. The lowest BCUT2D eigenvalue weighted by atomic mass is 9.86. The van der Waals surface area contributed by atoms with E-state index >= 15 is 0 Å². The molecule has 1 aromatic carbocycles. The monoisotopic (exact) mass is 247 g/mol. The third-order valence-electron chi connectivity index (χ3n) is 3.88. The molecule has 1 aromatic rings. The van der Waals surface area contributed by atoms with Crippen LogP contribution < -0.4 is 5.32 Å². The molecule has 100 valence electrons. The molecule has 2 atom stereocenters. The van der Waals surface area contributed by atoms with E-state index in [0.717, 1.165) is 25.7 Å². The van der Waals surface area contributed by atoms with Crippen molar-refractivity contribution in [3.05, 3.63) is 35.9 Å². The van der Waals surface area contributed by atoms with Crippen molar-refractivity contribution in [2.24, 2.45) is 5.92 Å². The van der Waals surface area contributed by atoms with Crippen molar-refractivity contribution in [2.45, 2.75) is 45.3 Å². The van der Waals surface area contributed by atoms with Crippen molar-refractivity contribution in [3.63, 3.8) is 0 Å². The molecule has 0 bridgehead atoms. The van der Waals surface area contributed by atoms with Gasteiger partial charge in [0.25, 0.3) is 0 Å². The Bertz CT molecular complexity index is 325. The van der Waals surface area contributed by atoms with Gasteiger partial charge in [-0.25, -0.2) is 0 Å². The molecule has 18 heavy (non-hydrogen) atoms. The largest absolute Gasteiger partial charge is 0.375 e. The number of nitrogens with one attached hydrogen (secondary N) is 1. The van der Waals surface area contributed by atoms with Gasteiger partial charge in [-0.05, 0) is 24.3 Å². The summed E-state index contributed by atoms with van der Waals surface area (Å²) in [5.74, 6) is 0.827. The molecule has 0 aromatic heterocycles. The maximum absolute atomic E-state index is 5.68. The van der Waals surface area contributed by atoms with Crippen LogP contribution in [0.5, 0.6) is 0 Å². The molecule has 2 heteroatoms. The van der Waals surface area contributed by atoms with Crippen molar-refractivity contribution in [3.8, 4) is 0 Å². The Hall–Kier alpha value is -0.860. The van der Waals surface area contributed by atoms with Crippen molar-refractivity contribution in [2.75, 3.05) is 13.2 Å². The van der Waals surface area contributed by atoms with Crippen molar-refractivity contribution in [1.82, 2.24) is 5.32 Å². The van der Waals surface area contributed by atoms with Gasteiger partial charge in [0, 0.05) is 12.6 Å². The molecule has 1 saturated carbocycles. The van der Waals surface area contributed by atoms with Crippen LogP contribution in [0.1, 0.15) is 38.2 Å². The van der Waals surface area contributed by atoms with Crippen LogP contribution in [0.3, 0.4) is 0 Å². The molecule has 1 aliphatic rings. The van der Waals surface area contributed by atoms with E-state index in [9.17, 15) is 0 Å². The molecule has 0 spiro atoms. The quantitative estimate of drug-likeness (QED) is 0.778. The first kappa shape index (κ1) is 13.6. The normalized spacial score (nSPS) is 24.1. The SMILES string of the molecule is CC1CCCCC1NCCOCc1ccccc1. The molecule has 2 nitrogen and oxygen atoms in total. The molecule has 0 aliphatic heterocycles. The summed E-state index contributed by atoms with van der Waals surface area (Å²) in [5, 5.41) is 3.63. The lowest BCUT2D eigenvalue weighted by molar-refractivity contribution is 0.116. The maximum Gasteiger partial charge on any atom is 0.0717 e. The van der Waals surface area contributed by atoms with Gasteiger partial charge < -0.3 is 10.1 Å². The number of hydrogen-bond donors (Lipinski definition) is 1. The molecule has 0 amide bonds. The fraction of sp³-hybridized carbons (Fsp3) is 0.625. The van der Waals surface area contributed by atoms with Gasteiger partial charge in [0.15, 0.2) is 0 Å². The van der Waals surface area contributed by atoms with E-state index in [2.05, 4.69) is 36.5 Å². The zero-order valence-corrected chi connectivity index (χ0v) is 11.4. The summed E-state index contributed by atoms with van der Waals surface area (Å²) < 4.78 is 5.68. The third kappa shape index (κ3) is 4.43. The highest BCUT2D eigenvalue weighted by Crippen LogP contribution is 2.23. The number of rotatable bonds is 6. The first-order valence-electron chi connectivity index (χ1n) is 7.21. The maximum atomic E-state index is 5.68. The second-order valence-corrected chi connectivity index (χ2v) is 5.36. The van der Waals surface area contributed by atoms with Crippen LogP contribution >= 0.6 is 0 Å². The van der Waals surface area contributed by atoms with Crippen LogP contribution in [0, 0.1) is 5.92 Å². The third-order valence-corrected chi connectivity index (χ3v) is 3.88. The number of benzene rings is 1. The summed E-state index contributed by atoms with van der Waals surface area (Å²) >= 11 is 0. The highest BCUT2D eigenvalue weighted by Gasteiger charge is 2.19. The predicted molar refractivity (Wildman–Crippen MR) is 75.5 cm³/mol. The van der Waals surface area contributed by atoms with E-state index in [1.807, 2.05) is 6.07 Å². The molecule has 0 radical (unpaired) electrons. The van der Waals surface area contributed by atoms with Crippen LogP contribution in [-0.2, 0) is 11.3 Å². The molecule has 0 heterocycles. The highest BCUT2D eigenvalue weighted by atomic mass is 16.5. The van der Waals surface area contributed by atoms with Gasteiger partial charge in [-0.2, -0.15) is 0 Å². The topological polar surface area (TPSA) is 21.3 Å². The first-order chi connectivity index (χ1) is 8.86. The minimum absolute atomic E-state index is 0.707. The van der Waals surface area contributed by atoms with Gasteiger partial charge in [-0.3, -0.25) is 0 Å². The van der Waals surface area contributed by atoms with Crippen LogP contribution in [0.2, 0.25) is 0 Å². The van der Waals surface area contributed by atoms with Crippen LogP contribution in [0.4, 0.5) is 0 Å². The van der Waals surface area contributed by atoms with Crippen molar-refractivity contribution in [1.29, 1.82) is 0 Å². The van der Waals surface area contributed by atoms with Crippen molar-refractivity contribution >= 4 is 0 Å². The van der Waals surface area contributed by atoms with E-state index in [0.29, 0.717) is 6.04 Å². The van der Waals surface area contributed by atoms with Gasteiger partial charge in [0.05, 0.1) is 13.2 Å². The van der Waals surface area contributed by atoms with Gasteiger partial charge in [-0.15, -0.1) is 0 Å².